The second-order valence-electron chi connectivity index (χ2n) is 9.69. The molecule has 0 radical (unpaired) electrons. The quantitative estimate of drug-likeness (QED) is 0.406. The zero-order valence-corrected chi connectivity index (χ0v) is 22.3. The van der Waals surface area contributed by atoms with Crippen molar-refractivity contribution in [2.75, 3.05) is 20.3 Å². The van der Waals surface area contributed by atoms with Crippen LogP contribution in [0.5, 0.6) is 5.88 Å². The molecule has 36 heavy (non-hydrogen) atoms. The van der Waals surface area contributed by atoms with Crippen LogP contribution in [0.1, 0.15) is 39.7 Å². The molecular formula is C26H27BCl2N2O5. The van der Waals surface area contributed by atoms with Crippen molar-refractivity contribution in [3.63, 3.8) is 0 Å². The minimum atomic E-state index is -0.597. The third kappa shape index (κ3) is 4.40. The highest BCUT2D eigenvalue weighted by atomic mass is 35.5. The molecule has 0 N–H and O–H groups in total. The second kappa shape index (κ2) is 9.60. The Hall–Kier alpha value is -2.20. The van der Waals surface area contributed by atoms with E-state index in [-0.39, 0.29) is 0 Å². The van der Waals surface area contributed by atoms with Crippen molar-refractivity contribution in [1.29, 1.82) is 0 Å². The predicted octanol–water partition coefficient (Wildman–Crippen LogP) is 5.47. The molecule has 0 amide bonds. The first-order valence-electron chi connectivity index (χ1n) is 11.7. The highest BCUT2D eigenvalue weighted by molar-refractivity contribution is 6.66. The summed E-state index contributed by atoms with van der Waals surface area (Å²) in [6.07, 6.45) is 1.04. The van der Waals surface area contributed by atoms with E-state index in [1.807, 2.05) is 64.1 Å². The number of ether oxygens (including phenoxy) is 3. The summed E-state index contributed by atoms with van der Waals surface area (Å²) in [7, 11) is 0.942. The lowest BCUT2D eigenvalue weighted by atomic mass is 9.77. The number of aromatic nitrogens is 2. The highest BCUT2D eigenvalue weighted by Gasteiger charge is 2.52. The van der Waals surface area contributed by atoms with E-state index in [1.165, 1.54) is 7.11 Å². The molecule has 3 aromatic rings. The van der Waals surface area contributed by atoms with Crippen molar-refractivity contribution >= 4 is 35.8 Å². The van der Waals surface area contributed by atoms with Crippen LogP contribution in [0, 0.1) is 0 Å². The summed E-state index contributed by atoms with van der Waals surface area (Å²) in [5, 5.41) is 1.01. The van der Waals surface area contributed by atoms with Gasteiger partial charge in [0.2, 0.25) is 12.2 Å². The topological polar surface area (TPSA) is 71.9 Å². The molecule has 7 nitrogen and oxygen atoms in total. The van der Waals surface area contributed by atoms with Crippen LogP contribution < -0.4 is 10.2 Å². The van der Waals surface area contributed by atoms with Crippen LogP contribution in [-0.4, -0.2) is 48.6 Å². The molecule has 0 unspecified atom stereocenters. The zero-order valence-electron chi connectivity index (χ0n) is 20.8. The molecule has 5 rings (SSSR count). The van der Waals surface area contributed by atoms with E-state index in [0.29, 0.717) is 46.1 Å². The first-order chi connectivity index (χ1) is 17.1. The van der Waals surface area contributed by atoms with Crippen molar-refractivity contribution in [2.24, 2.45) is 0 Å². The van der Waals surface area contributed by atoms with E-state index < -0.39 is 24.6 Å². The minimum absolute atomic E-state index is 0.321. The van der Waals surface area contributed by atoms with Gasteiger partial charge < -0.3 is 23.5 Å². The second-order valence-corrected chi connectivity index (χ2v) is 10.4. The molecule has 0 atom stereocenters. The Bertz CT molecular complexity index is 1280. The van der Waals surface area contributed by atoms with Crippen LogP contribution in [0.2, 0.25) is 10.0 Å². The van der Waals surface area contributed by atoms with Gasteiger partial charge in [-0.05, 0) is 27.7 Å². The molecule has 2 fully saturated rings. The molecular weight excluding hydrogens is 502 g/mol. The van der Waals surface area contributed by atoms with Gasteiger partial charge in [0.05, 0.1) is 48.4 Å². The van der Waals surface area contributed by atoms with Gasteiger partial charge in [0.1, 0.15) is 0 Å². The third-order valence-corrected chi connectivity index (χ3v) is 7.74. The van der Waals surface area contributed by atoms with Gasteiger partial charge in [0, 0.05) is 27.2 Å². The van der Waals surface area contributed by atoms with E-state index in [2.05, 4.69) is 9.97 Å². The molecule has 2 aromatic carbocycles. The van der Waals surface area contributed by atoms with Crippen molar-refractivity contribution < 1.29 is 23.5 Å². The van der Waals surface area contributed by atoms with Gasteiger partial charge in [-0.25, -0.2) is 9.97 Å². The SMILES string of the molecule is COc1nc(-c2cccc(-c3cccc(B4OC(C)(C)C(C)(C)O4)c3Cl)c2Cl)cnc1C1OCCO1. The van der Waals surface area contributed by atoms with E-state index in [0.717, 1.165) is 16.6 Å². The minimum Gasteiger partial charge on any atom is -0.480 e. The van der Waals surface area contributed by atoms with Gasteiger partial charge in [0.15, 0.2) is 5.69 Å². The van der Waals surface area contributed by atoms with E-state index in [9.17, 15) is 0 Å². The standard InChI is InChI=1S/C26H27BCl2N2O5/c1-25(2)26(3,4)36-27(35-25)18-11-7-9-16(21(18)29)15-8-6-10-17(20(15)28)19-14-30-22(23(31-19)32-5)24-33-12-13-34-24/h6-11,14,24H,12-13H2,1-5H3. The van der Waals surface area contributed by atoms with Gasteiger partial charge in [-0.2, -0.15) is 0 Å². The van der Waals surface area contributed by atoms with E-state index in [1.54, 1.807) is 6.20 Å². The molecule has 3 heterocycles. The lowest BCUT2D eigenvalue weighted by Crippen LogP contribution is -2.41. The van der Waals surface area contributed by atoms with E-state index in [4.69, 9.17) is 46.7 Å². The molecule has 2 saturated heterocycles. The van der Waals surface area contributed by atoms with Gasteiger partial charge in [-0.1, -0.05) is 59.6 Å². The summed E-state index contributed by atoms with van der Waals surface area (Å²) in [6.45, 7) is 9.04. The maximum absolute atomic E-state index is 6.94. The Morgan fingerprint density at radius 1 is 0.889 bits per heavy atom. The number of nitrogens with zero attached hydrogens (tertiary/aromatic N) is 2. The molecule has 2 aliphatic rings. The summed E-state index contributed by atoms with van der Waals surface area (Å²) in [6, 6.07) is 11.5. The Morgan fingerprint density at radius 3 is 2.11 bits per heavy atom. The first kappa shape index (κ1) is 25.5. The van der Waals surface area contributed by atoms with Gasteiger partial charge in [-0.15, -0.1) is 0 Å². The first-order valence-corrected chi connectivity index (χ1v) is 12.5. The normalized spacial score (nSPS) is 19.1. The molecule has 0 bridgehead atoms. The maximum atomic E-state index is 6.94. The summed E-state index contributed by atoms with van der Waals surface area (Å²) in [5.74, 6) is 0.321. The smallest absolute Gasteiger partial charge is 0.480 e. The number of halogens is 2. The van der Waals surface area contributed by atoms with Crippen molar-refractivity contribution in [3.8, 4) is 28.3 Å². The summed E-state index contributed by atoms with van der Waals surface area (Å²) < 4.78 is 29.0. The Morgan fingerprint density at radius 2 is 1.47 bits per heavy atom. The van der Waals surface area contributed by atoms with Crippen LogP contribution in [0.15, 0.2) is 42.6 Å². The van der Waals surface area contributed by atoms with Gasteiger partial charge in [0.25, 0.3) is 0 Å². The van der Waals surface area contributed by atoms with Crippen LogP contribution >= 0.6 is 23.2 Å². The lowest BCUT2D eigenvalue weighted by molar-refractivity contribution is -0.0491. The van der Waals surface area contributed by atoms with Crippen LogP contribution in [0.25, 0.3) is 22.4 Å². The van der Waals surface area contributed by atoms with Crippen LogP contribution in [0.4, 0.5) is 0 Å². The summed E-state index contributed by atoms with van der Waals surface area (Å²) in [4.78, 5) is 9.14. The maximum Gasteiger partial charge on any atom is 0.496 e. The Kier molecular flexibility index (Phi) is 6.79. The molecule has 0 saturated carbocycles. The number of hydrogen-bond donors (Lipinski definition) is 0. The fraction of sp³-hybridized carbons (Fsp3) is 0.385. The van der Waals surface area contributed by atoms with Gasteiger partial charge in [-0.3, -0.25) is 0 Å². The highest BCUT2D eigenvalue weighted by Crippen LogP contribution is 2.41. The number of rotatable bonds is 5. The number of benzene rings is 2. The monoisotopic (exact) mass is 528 g/mol. The average Bonchev–Trinajstić information content (AvgIpc) is 3.45. The molecule has 0 spiro atoms. The zero-order chi connectivity index (χ0) is 25.7. The van der Waals surface area contributed by atoms with Gasteiger partial charge >= 0.3 is 7.12 Å². The Labute approximate surface area is 221 Å². The van der Waals surface area contributed by atoms with Crippen molar-refractivity contribution in [3.05, 3.63) is 58.3 Å². The number of methoxy groups -OCH3 is 1. The molecule has 188 valence electrons. The van der Waals surface area contributed by atoms with Crippen molar-refractivity contribution in [2.45, 2.75) is 45.2 Å². The predicted molar refractivity (Wildman–Crippen MR) is 140 cm³/mol. The fourth-order valence-electron chi connectivity index (χ4n) is 4.19. The molecule has 1 aromatic heterocycles. The summed E-state index contributed by atoms with van der Waals surface area (Å²) >= 11 is 13.9. The van der Waals surface area contributed by atoms with E-state index >= 15 is 0 Å². The fourth-order valence-corrected chi connectivity index (χ4v) is 4.83. The number of hydrogen-bond acceptors (Lipinski definition) is 7. The van der Waals surface area contributed by atoms with Crippen LogP contribution in [-0.2, 0) is 18.8 Å². The van der Waals surface area contributed by atoms with Crippen molar-refractivity contribution in [1.82, 2.24) is 9.97 Å². The lowest BCUT2D eigenvalue weighted by Gasteiger charge is -2.32. The molecule has 2 aliphatic heterocycles. The Balaban J connectivity index is 1.52. The molecule has 0 aliphatic carbocycles. The summed E-state index contributed by atoms with van der Waals surface area (Å²) in [5.41, 5.74) is 3.04. The molecule has 10 heteroatoms. The largest absolute Gasteiger partial charge is 0.496 e. The van der Waals surface area contributed by atoms with Crippen LogP contribution in [0.3, 0.4) is 0 Å². The average molecular weight is 529 g/mol. The third-order valence-electron chi connectivity index (χ3n) is 6.91.